The van der Waals surface area contributed by atoms with Gasteiger partial charge in [0.15, 0.2) is 0 Å². The lowest BCUT2D eigenvalue weighted by Gasteiger charge is -2.06. The van der Waals surface area contributed by atoms with Crippen LogP contribution in [0.5, 0.6) is 5.75 Å². The van der Waals surface area contributed by atoms with Gasteiger partial charge in [-0.05, 0) is 42.0 Å². The van der Waals surface area contributed by atoms with Gasteiger partial charge < -0.3 is 14.4 Å². The molecular formula is C13H13NO3. The lowest BCUT2D eigenvalue weighted by molar-refractivity contribution is 0.0687. The largest absolute Gasteiger partial charge is 0.497 e. The van der Waals surface area contributed by atoms with Crippen LogP contribution in [0, 0.1) is 0 Å². The number of benzene rings is 1. The van der Waals surface area contributed by atoms with Crippen LogP contribution in [-0.2, 0) is 7.05 Å². The highest BCUT2D eigenvalue weighted by molar-refractivity contribution is 5.87. The number of carboxylic acid groups (broad SMARTS) is 1. The van der Waals surface area contributed by atoms with Crippen molar-refractivity contribution in [2.24, 2.45) is 7.05 Å². The minimum Gasteiger partial charge on any atom is -0.497 e. The zero-order chi connectivity index (χ0) is 12.4. The van der Waals surface area contributed by atoms with E-state index in [0.717, 1.165) is 17.0 Å². The molecule has 88 valence electrons. The molecule has 0 radical (unpaired) electrons. The first-order chi connectivity index (χ1) is 8.13. The average Bonchev–Trinajstić information content (AvgIpc) is 2.71. The lowest BCUT2D eigenvalue weighted by atomic mass is 10.1. The highest BCUT2D eigenvalue weighted by atomic mass is 16.5. The van der Waals surface area contributed by atoms with Gasteiger partial charge in [-0.2, -0.15) is 0 Å². The third-order valence-electron chi connectivity index (χ3n) is 2.73. The third kappa shape index (κ3) is 2.01. The Labute approximate surface area is 99.1 Å². The Morgan fingerprint density at radius 2 is 1.82 bits per heavy atom. The Bertz CT molecular complexity index is 540. The molecule has 0 aliphatic carbocycles. The molecule has 1 aromatic heterocycles. The third-order valence-corrected chi connectivity index (χ3v) is 2.73. The Morgan fingerprint density at radius 3 is 2.29 bits per heavy atom. The molecule has 0 spiro atoms. The van der Waals surface area contributed by atoms with E-state index in [1.807, 2.05) is 24.3 Å². The van der Waals surface area contributed by atoms with E-state index in [9.17, 15) is 4.79 Å². The molecule has 1 heterocycles. The number of rotatable bonds is 3. The fourth-order valence-electron chi connectivity index (χ4n) is 1.78. The van der Waals surface area contributed by atoms with Crippen molar-refractivity contribution in [2.45, 2.75) is 0 Å². The fourth-order valence-corrected chi connectivity index (χ4v) is 1.78. The van der Waals surface area contributed by atoms with Crippen LogP contribution in [0.1, 0.15) is 10.5 Å². The molecule has 2 rings (SSSR count). The molecule has 0 atom stereocenters. The van der Waals surface area contributed by atoms with E-state index < -0.39 is 5.97 Å². The molecule has 1 aromatic carbocycles. The molecule has 0 aliphatic rings. The van der Waals surface area contributed by atoms with E-state index in [2.05, 4.69) is 0 Å². The Morgan fingerprint density at radius 1 is 1.18 bits per heavy atom. The van der Waals surface area contributed by atoms with Gasteiger partial charge in [0.2, 0.25) is 0 Å². The van der Waals surface area contributed by atoms with Crippen LogP contribution in [-0.4, -0.2) is 22.8 Å². The zero-order valence-electron chi connectivity index (χ0n) is 9.68. The number of ether oxygens (including phenoxy) is 1. The summed E-state index contributed by atoms with van der Waals surface area (Å²) in [4.78, 5) is 10.9. The summed E-state index contributed by atoms with van der Waals surface area (Å²) >= 11 is 0. The van der Waals surface area contributed by atoms with Gasteiger partial charge in [0.05, 0.1) is 7.11 Å². The summed E-state index contributed by atoms with van der Waals surface area (Å²) in [6.07, 6.45) is 0. The fraction of sp³-hybridized carbons (Fsp3) is 0.154. The van der Waals surface area contributed by atoms with Crippen LogP contribution >= 0.6 is 0 Å². The Kier molecular flexibility index (Phi) is 2.87. The molecule has 17 heavy (non-hydrogen) atoms. The minimum atomic E-state index is -0.924. The van der Waals surface area contributed by atoms with Gasteiger partial charge in [-0.25, -0.2) is 4.79 Å². The Hall–Kier alpha value is -2.23. The van der Waals surface area contributed by atoms with Gasteiger partial charge in [-0.3, -0.25) is 0 Å². The molecular weight excluding hydrogens is 218 g/mol. The summed E-state index contributed by atoms with van der Waals surface area (Å²) in [6.45, 7) is 0. The number of carboxylic acids is 1. The molecule has 4 heteroatoms. The first kappa shape index (κ1) is 11.3. The van der Waals surface area contributed by atoms with Crippen LogP contribution < -0.4 is 4.74 Å². The van der Waals surface area contributed by atoms with Crippen molar-refractivity contribution in [3.8, 4) is 17.0 Å². The van der Waals surface area contributed by atoms with Crippen LogP contribution in [0.2, 0.25) is 0 Å². The van der Waals surface area contributed by atoms with E-state index in [4.69, 9.17) is 9.84 Å². The van der Waals surface area contributed by atoms with Gasteiger partial charge in [-0.1, -0.05) is 0 Å². The first-order valence-corrected chi connectivity index (χ1v) is 5.17. The standard InChI is InChI=1S/C13H13NO3/c1-14-11(7-8-12(14)13(15)16)9-3-5-10(17-2)6-4-9/h3-8H,1-2H3,(H,15,16). The van der Waals surface area contributed by atoms with Crippen molar-refractivity contribution in [2.75, 3.05) is 7.11 Å². The van der Waals surface area contributed by atoms with E-state index in [1.165, 1.54) is 0 Å². The number of hydrogen-bond donors (Lipinski definition) is 1. The summed E-state index contributed by atoms with van der Waals surface area (Å²) in [5.74, 6) is -0.145. The van der Waals surface area contributed by atoms with Crippen molar-refractivity contribution in [3.63, 3.8) is 0 Å². The predicted octanol–water partition coefficient (Wildman–Crippen LogP) is 2.40. The number of nitrogens with zero attached hydrogens (tertiary/aromatic N) is 1. The summed E-state index contributed by atoms with van der Waals surface area (Å²) in [6, 6.07) is 10.9. The topological polar surface area (TPSA) is 51.5 Å². The maximum absolute atomic E-state index is 10.9. The molecule has 2 aromatic rings. The van der Waals surface area contributed by atoms with Gasteiger partial charge in [0.25, 0.3) is 0 Å². The summed E-state index contributed by atoms with van der Waals surface area (Å²) in [5, 5.41) is 8.97. The molecule has 0 saturated carbocycles. The maximum atomic E-state index is 10.9. The molecule has 0 unspecified atom stereocenters. The van der Waals surface area contributed by atoms with Crippen molar-refractivity contribution in [1.82, 2.24) is 4.57 Å². The van der Waals surface area contributed by atoms with Crippen molar-refractivity contribution < 1.29 is 14.6 Å². The van der Waals surface area contributed by atoms with Crippen LogP contribution in [0.4, 0.5) is 0 Å². The SMILES string of the molecule is COc1ccc(-c2ccc(C(=O)O)n2C)cc1. The number of hydrogen-bond acceptors (Lipinski definition) is 2. The van der Waals surface area contributed by atoms with Gasteiger partial charge in [0.1, 0.15) is 11.4 Å². The predicted molar refractivity (Wildman–Crippen MR) is 64.4 cm³/mol. The minimum absolute atomic E-state index is 0.274. The van der Waals surface area contributed by atoms with E-state index in [-0.39, 0.29) is 5.69 Å². The number of carbonyl (C=O) groups is 1. The van der Waals surface area contributed by atoms with Gasteiger partial charge in [0, 0.05) is 12.7 Å². The van der Waals surface area contributed by atoms with Crippen molar-refractivity contribution in [1.29, 1.82) is 0 Å². The number of aromatic nitrogens is 1. The zero-order valence-corrected chi connectivity index (χ0v) is 9.68. The summed E-state index contributed by atoms with van der Waals surface area (Å²) in [5.41, 5.74) is 2.10. The molecule has 1 N–H and O–H groups in total. The van der Waals surface area contributed by atoms with Crippen molar-refractivity contribution >= 4 is 5.97 Å². The number of aromatic carboxylic acids is 1. The van der Waals surface area contributed by atoms with Crippen LogP contribution in [0.15, 0.2) is 36.4 Å². The van der Waals surface area contributed by atoms with Gasteiger partial charge in [-0.15, -0.1) is 0 Å². The normalized spacial score (nSPS) is 10.2. The first-order valence-electron chi connectivity index (χ1n) is 5.17. The van der Waals surface area contributed by atoms with Gasteiger partial charge >= 0.3 is 5.97 Å². The molecule has 4 nitrogen and oxygen atoms in total. The van der Waals surface area contributed by atoms with E-state index in [0.29, 0.717) is 0 Å². The highest BCUT2D eigenvalue weighted by Crippen LogP contribution is 2.23. The number of methoxy groups -OCH3 is 1. The van der Waals surface area contributed by atoms with Crippen LogP contribution in [0.3, 0.4) is 0 Å². The van der Waals surface area contributed by atoms with Crippen LogP contribution in [0.25, 0.3) is 11.3 Å². The average molecular weight is 231 g/mol. The summed E-state index contributed by atoms with van der Waals surface area (Å²) in [7, 11) is 3.35. The maximum Gasteiger partial charge on any atom is 0.352 e. The molecule has 0 saturated heterocycles. The molecule has 0 aliphatic heterocycles. The Balaban J connectivity index is 2.42. The quantitative estimate of drug-likeness (QED) is 0.882. The molecule has 0 amide bonds. The van der Waals surface area contributed by atoms with E-state index in [1.54, 1.807) is 30.9 Å². The van der Waals surface area contributed by atoms with Crippen molar-refractivity contribution in [3.05, 3.63) is 42.1 Å². The molecule has 0 bridgehead atoms. The smallest absolute Gasteiger partial charge is 0.352 e. The molecule has 0 fully saturated rings. The second-order valence-corrected chi connectivity index (χ2v) is 3.70. The lowest BCUT2D eigenvalue weighted by Crippen LogP contribution is -2.04. The monoisotopic (exact) mass is 231 g/mol. The second kappa shape index (κ2) is 4.33. The highest BCUT2D eigenvalue weighted by Gasteiger charge is 2.11. The van der Waals surface area contributed by atoms with E-state index >= 15 is 0 Å². The second-order valence-electron chi connectivity index (χ2n) is 3.70. The summed E-state index contributed by atoms with van der Waals surface area (Å²) < 4.78 is 6.73.